The topological polar surface area (TPSA) is 42.3 Å². The molecule has 0 aliphatic carbocycles. The fourth-order valence-electron chi connectivity index (χ4n) is 5.06. The lowest BCUT2D eigenvalue weighted by molar-refractivity contribution is 0.414. The minimum atomic E-state index is -0.0791. The number of pyridine rings is 1. The lowest BCUT2D eigenvalue weighted by Gasteiger charge is -2.28. The zero-order chi connectivity index (χ0) is 24.7. The van der Waals surface area contributed by atoms with Gasteiger partial charge < -0.3 is 19.5 Å². The largest absolute Gasteiger partial charge is 0.497 e. The molecule has 0 spiro atoms. The monoisotopic (exact) mass is 482 g/mol. The van der Waals surface area contributed by atoms with Crippen LogP contribution >= 0.6 is 12.2 Å². The molecular weight excluding hydrogens is 452 g/mol. The smallest absolute Gasteiger partial charge is 0.174 e. The summed E-state index contributed by atoms with van der Waals surface area (Å²) >= 11 is 5.93. The van der Waals surface area contributed by atoms with Crippen molar-refractivity contribution in [2.45, 2.75) is 39.8 Å². The molecule has 5 nitrogen and oxygen atoms in total. The summed E-state index contributed by atoms with van der Waals surface area (Å²) in [5, 5.41) is 4.29. The molecule has 2 aromatic carbocycles. The van der Waals surface area contributed by atoms with E-state index in [0.717, 1.165) is 28.5 Å². The summed E-state index contributed by atoms with van der Waals surface area (Å²) in [6, 6.07) is 22.9. The maximum Gasteiger partial charge on any atom is 0.174 e. The van der Waals surface area contributed by atoms with Crippen LogP contribution in [-0.4, -0.2) is 21.8 Å². The lowest BCUT2D eigenvalue weighted by Crippen LogP contribution is -2.29. The van der Waals surface area contributed by atoms with Crippen LogP contribution < -0.4 is 15.0 Å². The third kappa shape index (κ3) is 4.08. The summed E-state index contributed by atoms with van der Waals surface area (Å²) in [7, 11) is 1.70. The molecule has 0 radical (unpaired) electrons. The van der Waals surface area contributed by atoms with E-state index in [1.165, 1.54) is 22.4 Å². The Morgan fingerprint density at radius 3 is 2.43 bits per heavy atom. The van der Waals surface area contributed by atoms with Gasteiger partial charge in [-0.1, -0.05) is 18.2 Å². The van der Waals surface area contributed by atoms with Gasteiger partial charge in [0.2, 0.25) is 0 Å². The van der Waals surface area contributed by atoms with E-state index in [2.05, 4.69) is 84.9 Å². The molecule has 1 N–H and O–H groups in total. The van der Waals surface area contributed by atoms with E-state index in [-0.39, 0.29) is 12.1 Å². The summed E-state index contributed by atoms with van der Waals surface area (Å²) in [6.07, 6.45) is 1.84. The Bertz CT molecular complexity index is 1400. The molecule has 0 amide bonds. The molecule has 2 atom stereocenters. The minimum absolute atomic E-state index is 0.0509. The van der Waals surface area contributed by atoms with Crippen LogP contribution in [0.5, 0.6) is 5.75 Å². The van der Waals surface area contributed by atoms with E-state index in [4.69, 9.17) is 21.9 Å². The van der Waals surface area contributed by atoms with Gasteiger partial charge in [-0.15, -0.1) is 0 Å². The van der Waals surface area contributed by atoms with Gasteiger partial charge in [-0.2, -0.15) is 0 Å². The van der Waals surface area contributed by atoms with Crippen molar-refractivity contribution < 1.29 is 4.74 Å². The van der Waals surface area contributed by atoms with Crippen molar-refractivity contribution in [1.29, 1.82) is 0 Å². The molecule has 178 valence electrons. The lowest BCUT2D eigenvalue weighted by atomic mass is 9.96. The Morgan fingerprint density at radius 2 is 1.71 bits per heavy atom. The van der Waals surface area contributed by atoms with Gasteiger partial charge in [-0.3, -0.25) is 4.98 Å². The van der Waals surface area contributed by atoms with Gasteiger partial charge in [0.15, 0.2) is 5.11 Å². The van der Waals surface area contributed by atoms with Crippen molar-refractivity contribution in [1.82, 2.24) is 14.9 Å². The zero-order valence-corrected chi connectivity index (χ0v) is 21.6. The minimum Gasteiger partial charge on any atom is -0.497 e. The summed E-state index contributed by atoms with van der Waals surface area (Å²) in [5.41, 5.74) is 9.17. The molecule has 35 heavy (non-hydrogen) atoms. The maximum absolute atomic E-state index is 5.93. The maximum atomic E-state index is 5.93. The molecule has 0 saturated carbocycles. The van der Waals surface area contributed by atoms with Gasteiger partial charge in [-0.05, 0) is 99.1 Å². The zero-order valence-electron chi connectivity index (χ0n) is 20.7. The van der Waals surface area contributed by atoms with E-state index in [0.29, 0.717) is 5.11 Å². The fourth-order valence-corrected chi connectivity index (χ4v) is 5.40. The quantitative estimate of drug-likeness (QED) is 0.339. The number of methoxy groups -OCH3 is 1. The number of nitrogens with zero attached hydrogens (tertiary/aromatic N) is 3. The summed E-state index contributed by atoms with van der Waals surface area (Å²) in [6.45, 7) is 8.60. The number of thiocarbonyl (C=S) groups is 1. The average Bonchev–Trinajstić information content (AvgIpc) is 3.36. The highest BCUT2D eigenvalue weighted by atomic mass is 32.1. The van der Waals surface area contributed by atoms with Gasteiger partial charge in [0, 0.05) is 35.0 Å². The fraction of sp³-hybridized carbons (Fsp3) is 0.241. The van der Waals surface area contributed by atoms with E-state index >= 15 is 0 Å². The van der Waals surface area contributed by atoms with Gasteiger partial charge in [0.25, 0.3) is 0 Å². The van der Waals surface area contributed by atoms with Crippen molar-refractivity contribution in [3.63, 3.8) is 0 Å². The molecule has 2 aromatic heterocycles. The van der Waals surface area contributed by atoms with Crippen molar-refractivity contribution in [3.8, 4) is 11.4 Å². The average molecular weight is 483 g/mol. The van der Waals surface area contributed by atoms with Crippen LogP contribution in [0.2, 0.25) is 0 Å². The second-order valence-corrected chi connectivity index (χ2v) is 9.52. The second kappa shape index (κ2) is 9.19. The normalized spacial score (nSPS) is 17.5. The van der Waals surface area contributed by atoms with Crippen molar-refractivity contribution in [2.24, 2.45) is 0 Å². The van der Waals surface area contributed by atoms with E-state index in [9.17, 15) is 0 Å². The molecule has 0 bridgehead atoms. The van der Waals surface area contributed by atoms with Gasteiger partial charge >= 0.3 is 0 Å². The predicted molar refractivity (Wildman–Crippen MR) is 146 cm³/mol. The van der Waals surface area contributed by atoms with Crippen molar-refractivity contribution >= 4 is 23.0 Å². The first-order valence-corrected chi connectivity index (χ1v) is 12.2. The third-order valence-corrected chi connectivity index (χ3v) is 7.28. The highest BCUT2D eigenvalue weighted by molar-refractivity contribution is 7.80. The molecule has 6 heteroatoms. The molecule has 1 aliphatic heterocycles. The highest BCUT2D eigenvalue weighted by Crippen LogP contribution is 2.44. The number of nitrogens with one attached hydrogen (secondary N) is 1. The molecule has 1 saturated heterocycles. The molecule has 5 rings (SSSR count). The summed E-state index contributed by atoms with van der Waals surface area (Å²) in [4.78, 5) is 6.95. The second-order valence-electron chi connectivity index (χ2n) is 9.13. The van der Waals surface area contributed by atoms with Crippen LogP contribution in [0.25, 0.3) is 5.69 Å². The first-order valence-electron chi connectivity index (χ1n) is 11.8. The molecule has 0 unspecified atom stereocenters. The van der Waals surface area contributed by atoms with Crippen LogP contribution in [0.1, 0.15) is 45.9 Å². The van der Waals surface area contributed by atoms with Gasteiger partial charge in [0.05, 0.1) is 24.9 Å². The van der Waals surface area contributed by atoms with Crippen molar-refractivity contribution in [2.75, 3.05) is 12.0 Å². The molecule has 4 aromatic rings. The Labute approximate surface area is 212 Å². The Kier molecular flexibility index (Phi) is 6.07. The van der Waals surface area contributed by atoms with Crippen LogP contribution in [0, 0.1) is 27.7 Å². The Hall–Kier alpha value is -3.64. The van der Waals surface area contributed by atoms with E-state index in [1.807, 2.05) is 30.5 Å². The summed E-state index contributed by atoms with van der Waals surface area (Å²) in [5.74, 6) is 0.836. The van der Waals surface area contributed by atoms with Crippen LogP contribution in [-0.2, 0) is 0 Å². The molecule has 1 fully saturated rings. The third-order valence-electron chi connectivity index (χ3n) is 6.97. The number of aryl methyl sites for hydroxylation is 3. The number of hydrogen-bond acceptors (Lipinski definition) is 3. The number of benzene rings is 2. The first-order chi connectivity index (χ1) is 16.9. The molecule has 1 aliphatic rings. The Balaban J connectivity index is 1.68. The highest BCUT2D eigenvalue weighted by Gasteiger charge is 2.42. The number of rotatable bonds is 5. The molecular formula is C29H30N4OS. The van der Waals surface area contributed by atoms with Crippen LogP contribution in [0.4, 0.5) is 5.69 Å². The predicted octanol–water partition coefficient (Wildman–Crippen LogP) is 6.29. The van der Waals surface area contributed by atoms with E-state index in [1.54, 1.807) is 7.11 Å². The Morgan fingerprint density at radius 1 is 0.886 bits per heavy atom. The van der Waals surface area contributed by atoms with Gasteiger partial charge in [-0.25, -0.2) is 0 Å². The SMILES string of the molecule is COc1cccc(-n2c(C)cc([C@@H]3[C@@H](c4ccccn4)NC(=S)N3c3ccc(C)c(C)c3)c2C)c1. The number of hydrogen-bond donors (Lipinski definition) is 1. The first kappa shape index (κ1) is 23.1. The van der Waals surface area contributed by atoms with Crippen LogP contribution in [0.3, 0.4) is 0 Å². The number of aromatic nitrogens is 2. The number of anilines is 1. The number of ether oxygens (including phenoxy) is 1. The van der Waals surface area contributed by atoms with Gasteiger partial charge in [0.1, 0.15) is 5.75 Å². The molecule has 3 heterocycles. The summed E-state index contributed by atoms with van der Waals surface area (Å²) < 4.78 is 7.78. The van der Waals surface area contributed by atoms with Crippen LogP contribution in [0.15, 0.2) is 72.9 Å². The van der Waals surface area contributed by atoms with Crippen molar-refractivity contribution in [3.05, 3.63) is 107 Å². The standard InChI is InChI=1S/C29H30N4OS/c1-18-12-13-23(15-19(18)2)33-28(27(31-29(33)35)26-11-6-7-14-30-26)25-16-20(3)32(21(25)4)22-9-8-10-24(17-22)34-5/h6-17,27-28H,1-5H3,(H,31,35)/t27-,28-/m1/s1. The van der Waals surface area contributed by atoms with E-state index < -0.39 is 0 Å².